The Balaban J connectivity index is 1.24. The van der Waals surface area contributed by atoms with Gasteiger partial charge < -0.3 is 20.7 Å². The first-order chi connectivity index (χ1) is 15.0. The number of carbonyl (C=O) groups is 4. The van der Waals surface area contributed by atoms with Crippen LogP contribution in [-0.4, -0.2) is 54.5 Å². The first kappa shape index (κ1) is 21.3. The van der Waals surface area contributed by atoms with Crippen LogP contribution < -0.4 is 16.0 Å². The molecule has 166 valence electrons. The molecule has 3 unspecified atom stereocenters. The van der Waals surface area contributed by atoms with Crippen molar-refractivity contribution in [2.45, 2.75) is 44.6 Å². The summed E-state index contributed by atoms with van der Waals surface area (Å²) in [5, 5.41) is 8.21. The number of carbonyl (C=O) groups excluding carboxylic acids is 4. The van der Waals surface area contributed by atoms with Crippen LogP contribution in [0.3, 0.4) is 0 Å². The second-order valence-electron chi connectivity index (χ2n) is 8.36. The first-order valence-corrected chi connectivity index (χ1v) is 10.9. The van der Waals surface area contributed by atoms with Crippen molar-refractivity contribution in [1.82, 2.24) is 10.2 Å². The van der Waals surface area contributed by atoms with Crippen molar-refractivity contribution in [3.63, 3.8) is 0 Å². The minimum Gasteiger partial charge on any atom is -0.376 e. The van der Waals surface area contributed by atoms with E-state index in [-0.39, 0.29) is 42.3 Å². The average molecular weight is 428 g/mol. The van der Waals surface area contributed by atoms with Crippen LogP contribution in [-0.2, 0) is 19.1 Å². The largest absolute Gasteiger partial charge is 0.376 e. The number of imide groups is 1. The molecular formula is C22H28N4O5. The number of hydrogen-bond acceptors (Lipinski definition) is 5. The molecular weight excluding hydrogens is 400 g/mol. The minimum absolute atomic E-state index is 0.0710. The number of urea groups is 1. The molecule has 3 N–H and O–H groups in total. The van der Waals surface area contributed by atoms with Crippen molar-refractivity contribution in [1.29, 1.82) is 0 Å². The average Bonchev–Trinajstić information content (AvgIpc) is 3.37. The van der Waals surface area contributed by atoms with Crippen molar-refractivity contribution < 1.29 is 23.9 Å². The molecule has 2 saturated heterocycles. The van der Waals surface area contributed by atoms with E-state index in [0.717, 1.165) is 50.0 Å². The lowest BCUT2D eigenvalue weighted by molar-refractivity contribution is -0.142. The van der Waals surface area contributed by atoms with Gasteiger partial charge in [0.15, 0.2) is 0 Å². The zero-order chi connectivity index (χ0) is 21.8. The van der Waals surface area contributed by atoms with Crippen LogP contribution in [0.5, 0.6) is 0 Å². The molecule has 2 aliphatic heterocycles. The maximum Gasteiger partial charge on any atom is 0.319 e. The van der Waals surface area contributed by atoms with Crippen LogP contribution in [0.4, 0.5) is 16.2 Å². The monoisotopic (exact) mass is 428 g/mol. The normalized spacial score (nSPS) is 25.3. The van der Waals surface area contributed by atoms with E-state index < -0.39 is 5.91 Å². The molecule has 9 heteroatoms. The lowest BCUT2D eigenvalue weighted by Gasteiger charge is -2.19. The van der Waals surface area contributed by atoms with Crippen LogP contribution in [0.1, 0.15) is 38.5 Å². The molecule has 1 aliphatic carbocycles. The molecule has 3 aliphatic rings. The third-order valence-electron chi connectivity index (χ3n) is 6.17. The number of likely N-dealkylation sites (tertiary alicyclic amines) is 1. The Morgan fingerprint density at radius 1 is 0.903 bits per heavy atom. The number of nitrogens with one attached hydrogen (secondary N) is 3. The highest BCUT2D eigenvalue weighted by Gasteiger charge is 2.48. The Bertz CT molecular complexity index is 826. The Hall–Kier alpha value is -2.94. The van der Waals surface area contributed by atoms with Gasteiger partial charge in [0, 0.05) is 24.5 Å². The molecule has 3 fully saturated rings. The molecule has 0 aromatic heterocycles. The van der Waals surface area contributed by atoms with E-state index >= 15 is 0 Å². The molecule has 4 rings (SSSR count). The van der Waals surface area contributed by atoms with Gasteiger partial charge in [-0.2, -0.15) is 0 Å². The summed E-state index contributed by atoms with van der Waals surface area (Å²) in [6.45, 7) is 0.939. The summed E-state index contributed by atoms with van der Waals surface area (Å²) in [7, 11) is 0. The highest BCUT2D eigenvalue weighted by molar-refractivity contribution is 6.08. The van der Waals surface area contributed by atoms with Gasteiger partial charge in [0.05, 0.1) is 17.9 Å². The maximum atomic E-state index is 12.5. The van der Waals surface area contributed by atoms with Gasteiger partial charge in [-0.1, -0.05) is 12.8 Å². The molecule has 1 aromatic rings. The molecule has 9 nitrogen and oxygen atoms in total. The zero-order valence-electron chi connectivity index (χ0n) is 17.4. The number of rotatable bonds is 6. The number of fused-ring (bicyclic) bond motifs is 1. The van der Waals surface area contributed by atoms with Crippen LogP contribution in [0, 0.1) is 11.8 Å². The molecule has 1 aromatic carbocycles. The fourth-order valence-electron chi connectivity index (χ4n) is 4.55. The summed E-state index contributed by atoms with van der Waals surface area (Å²) in [5.74, 6) is -1.39. The summed E-state index contributed by atoms with van der Waals surface area (Å²) in [6, 6.07) is 6.33. The summed E-state index contributed by atoms with van der Waals surface area (Å²) in [5.41, 5.74) is 1.10. The minimum atomic E-state index is -0.421. The van der Waals surface area contributed by atoms with Gasteiger partial charge >= 0.3 is 6.03 Å². The quantitative estimate of drug-likeness (QED) is 0.600. The van der Waals surface area contributed by atoms with Crippen LogP contribution >= 0.6 is 0 Å². The van der Waals surface area contributed by atoms with Crippen molar-refractivity contribution >= 4 is 35.1 Å². The van der Waals surface area contributed by atoms with Gasteiger partial charge in [-0.25, -0.2) is 4.79 Å². The fourth-order valence-corrected chi connectivity index (χ4v) is 4.55. The highest BCUT2D eigenvalue weighted by Crippen LogP contribution is 2.37. The van der Waals surface area contributed by atoms with Crippen molar-refractivity contribution in [3.8, 4) is 0 Å². The van der Waals surface area contributed by atoms with E-state index in [1.165, 1.54) is 0 Å². The highest BCUT2D eigenvalue weighted by atomic mass is 16.5. The van der Waals surface area contributed by atoms with E-state index in [0.29, 0.717) is 17.9 Å². The molecule has 31 heavy (non-hydrogen) atoms. The predicted octanol–water partition coefficient (Wildman–Crippen LogP) is 2.10. The molecule has 5 amide bonds. The number of amides is 5. The summed E-state index contributed by atoms with van der Waals surface area (Å²) < 4.78 is 5.47. The number of nitrogens with zero attached hydrogens (tertiary/aromatic N) is 1. The first-order valence-electron chi connectivity index (χ1n) is 10.9. The Morgan fingerprint density at radius 2 is 1.52 bits per heavy atom. The Morgan fingerprint density at radius 3 is 2.10 bits per heavy atom. The lowest BCUT2D eigenvalue weighted by atomic mass is 9.81. The van der Waals surface area contributed by atoms with Crippen LogP contribution in [0.2, 0.25) is 0 Å². The predicted molar refractivity (Wildman–Crippen MR) is 113 cm³/mol. The third-order valence-corrected chi connectivity index (χ3v) is 6.17. The van der Waals surface area contributed by atoms with E-state index in [2.05, 4.69) is 16.0 Å². The van der Waals surface area contributed by atoms with Gasteiger partial charge in [-0.15, -0.1) is 0 Å². The molecule has 3 atom stereocenters. The van der Waals surface area contributed by atoms with Gasteiger partial charge in [0.1, 0.15) is 6.54 Å². The van der Waals surface area contributed by atoms with E-state index in [4.69, 9.17) is 4.74 Å². The number of benzene rings is 1. The standard InChI is InChI=1S/C22H28N4O5/c27-19(13-26-20(28)17-5-1-2-6-18(17)21(26)29)24-14-7-9-15(10-8-14)25-22(30)23-12-16-4-3-11-31-16/h7-10,16-18H,1-6,11-13H2,(H,24,27)(H2,23,25,30). The number of hydrogen-bond donors (Lipinski definition) is 3. The fraction of sp³-hybridized carbons (Fsp3) is 0.545. The van der Waals surface area contributed by atoms with Crippen LogP contribution in [0.15, 0.2) is 24.3 Å². The summed E-state index contributed by atoms with van der Waals surface area (Å²) in [4.78, 5) is 50.5. The van der Waals surface area contributed by atoms with Gasteiger partial charge in [0.25, 0.3) is 0 Å². The van der Waals surface area contributed by atoms with Gasteiger partial charge in [0.2, 0.25) is 17.7 Å². The third kappa shape index (κ3) is 5.04. The Kier molecular flexibility index (Phi) is 6.50. The van der Waals surface area contributed by atoms with Crippen molar-refractivity contribution in [2.75, 3.05) is 30.3 Å². The second kappa shape index (κ2) is 9.47. The second-order valence-corrected chi connectivity index (χ2v) is 8.36. The van der Waals surface area contributed by atoms with Gasteiger partial charge in [-0.3, -0.25) is 19.3 Å². The maximum absolute atomic E-state index is 12.5. The molecule has 0 spiro atoms. The Labute approximate surface area is 180 Å². The summed E-state index contributed by atoms with van der Waals surface area (Å²) in [6.07, 6.45) is 5.39. The van der Waals surface area contributed by atoms with E-state index in [1.807, 2.05) is 0 Å². The van der Waals surface area contributed by atoms with Crippen molar-refractivity contribution in [3.05, 3.63) is 24.3 Å². The topological polar surface area (TPSA) is 117 Å². The smallest absolute Gasteiger partial charge is 0.319 e. The van der Waals surface area contributed by atoms with Gasteiger partial charge in [-0.05, 0) is 49.9 Å². The molecule has 1 saturated carbocycles. The van der Waals surface area contributed by atoms with E-state index in [1.54, 1.807) is 24.3 Å². The molecule has 2 heterocycles. The number of anilines is 2. The molecule has 0 radical (unpaired) electrons. The summed E-state index contributed by atoms with van der Waals surface area (Å²) >= 11 is 0. The van der Waals surface area contributed by atoms with Crippen molar-refractivity contribution in [2.24, 2.45) is 11.8 Å². The molecule has 0 bridgehead atoms. The lowest BCUT2D eigenvalue weighted by Crippen LogP contribution is -2.38. The van der Waals surface area contributed by atoms with Crippen LogP contribution in [0.25, 0.3) is 0 Å². The van der Waals surface area contributed by atoms with E-state index in [9.17, 15) is 19.2 Å². The number of ether oxygens (including phenoxy) is 1. The SMILES string of the molecule is O=C(CN1C(=O)C2CCCCC2C1=O)Nc1ccc(NC(=O)NCC2CCCO2)cc1. The zero-order valence-corrected chi connectivity index (χ0v) is 17.4.